The first-order valence-corrected chi connectivity index (χ1v) is 10.8. The molecule has 0 radical (unpaired) electrons. The lowest BCUT2D eigenvalue weighted by atomic mass is 10.1. The SMILES string of the molecule is COC[C@H]1C(=O)N(Cc2ccc3c(N)ncnc3c2)CCN1C(=O)O.[NH-]c1ccc(OC(F)(F)F)cc1. The van der Waals surface area contributed by atoms with Gasteiger partial charge in [-0.3, -0.25) is 9.69 Å². The number of carboxylic acid groups (broad SMARTS) is 1. The van der Waals surface area contributed by atoms with E-state index in [0.29, 0.717) is 24.4 Å². The number of amides is 2. The molecule has 37 heavy (non-hydrogen) atoms. The molecular formula is C23H24F3N6O5-. The second kappa shape index (κ2) is 11.6. The number of rotatable bonds is 5. The van der Waals surface area contributed by atoms with Crippen LogP contribution in [-0.4, -0.2) is 76.1 Å². The van der Waals surface area contributed by atoms with Crippen molar-refractivity contribution in [3.63, 3.8) is 0 Å². The molecule has 0 spiro atoms. The molecule has 2 heterocycles. The van der Waals surface area contributed by atoms with Gasteiger partial charge in [0.25, 0.3) is 0 Å². The van der Waals surface area contributed by atoms with E-state index in [1.54, 1.807) is 4.90 Å². The van der Waals surface area contributed by atoms with Gasteiger partial charge in [0.15, 0.2) is 0 Å². The zero-order chi connectivity index (χ0) is 27.2. The molecule has 3 aromatic rings. The van der Waals surface area contributed by atoms with E-state index in [0.717, 1.165) is 28.0 Å². The third-order valence-electron chi connectivity index (χ3n) is 5.35. The standard InChI is InChI=1S/C16H19N5O4.C7H5F3NO/c1-25-8-13-15(22)20(4-5-21(13)16(23)24)7-10-2-3-11-12(6-10)18-9-19-14(11)17;8-7(9,10)12-6-3-1-5(11)2-4-6/h2-3,6,9,13H,4-5,7-8H2,1H3,(H,23,24)(H2,17,18,19);1-4,11H/q;-1/t13-;/m0./s1. The van der Waals surface area contributed by atoms with E-state index in [1.165, 1.54) is 25.6 Å². The van der Waals surface area contributed by atoms with Gasteiger partial charge in [0.05, 0.1) is 12.1 Å². The van der Waals surface area contributed by atoms with E-state index in [-0.39, 0.29) is 30.5 Å². The van der Waals surface area contributed by atoms with E-state index >= 15 is 0 Å². The highest BCUT2D eigenvalue weighted by Gasteiger charge is 2.37. The Morgan fingerprint density at radius 3 is 2.51 bits per heavy atom. The highest BCUT2D eigenvalue weighted by Crippen LogP contribution is 2.24. The Labute approximate surface area is 209 Å². The number of nitrogen functional groups attached to an aromatic ring is 1. The van der Waals surface area contributed by atoms with Crippen molar-refractivity contribution in [1.29, 1.82) is 0 Å². The maximum Gasteiger partial charge on any atom is 0.573 e. The Hall–Kier alpha value is -4.33. The van der Waals surface area contributed by atoms with Crippen molar-refractivity contribution in [3.8, 4) is 5.75 Å². The van der Waals surface area contributed by atoms with Gasteiger partial charge >= 0.3 is 12.5 Å². The zero-order valence-electron chi connectivity index (χ0n) is 19.6. The highest BCUT2D eigenvalue weighted by atomic mass is 19.4. The van der Waals surface area contributed by atoms with E-state index < -0.39 is 18.5 Å². The summed E-state index contributed by atoms with van der Waals surface area (Å²) in [5, 5.41) is 10.0. The van der Waals surface area contributed by atoms with Gasteiger partial charge in [-0.25, -0.2) is 14.8 Å². The van der Waals surface area contributed by atoms with Crippen LogP contribution in [0.3, 0.4) is 0 Å². The van der Waals surface area contributed by atoms with Crippen LogP contribution in [-0.2, 0) is 16.1 Å². The number of methoxy groups -OCH3 is 1. The van der Waals surface area contributed by atoms with Crippen LogP contribution >= 0.6 is 0 Å². The molecule has 2 amide bonds. The average Bonchev–Trinajstić information content (AvgIpc) is 2.83. The van der Waals surface area contributed by atoms with E-state index in [2.05, 4.69) is 14.7 Å². The minimum absolute atomic E-state index is 0.0309. The number of alkyl halides is 3. The van der Waals surface area contributed by atoms with Crippen molar-refractivity contribution >= 4 is 34.4 Å². The summed E-state index contributed by atoms with van der Waals surface area (Å²) >= 11 is 0. The monoisotopic (exact) mass is 521 g/mol. The number of aromatic nitrogens is 2. The van der Waals surface area contributed by atoms with Crippen molar-refractivity contribution in [2.45, 2.75) is 18.9 Å². The second-order valence-electron chi connectivity index (χ2n) is 7.89. The lowest BCUT2D eigenvalue weighted by Crippen LogP contribution is -2.59. The van der Waals surface area contributed by atoms with Crippen LogP contribution in [0.2, 0.25) is 0 Å². The smallest absolute Gasteiger partial charge is 0.573 e. The number of nitrogens with zero attached hydrogens (tertiary/aromatic N) is 4. The molecular weight excluding hydrogens is 497 g/mol. The van der Waals surface area contributed by atoms with Crippen LogP contribution in [0.25, 0.3) is 16.6 Å². The molecule has 0 saturated carbocycles. The number of benzene rings is 2. The minimum atomic E-state index is -4.66. The molecule has 1 atom stereocenters. The number of carbonyl (C=O) groups excluding carboxylic acids is 1. The Bertz CT molecular complexity index is 1240. The highest BCUT2D eigenvalue weighted by molar-refractivity contribution is 5.89. The van der Waals surface area contributed by atoms with E-state index in [9.17, 15) is 27.9 Å². The number of hydrogen-bond acceptors (Lipinski definition) is 7. The van der Waals surface area contributed by atoms with Gasteiger partial charge in [-0.2, -0.15) is 0 Å². The summed E-state index contributed by atoms with van der Waals surface area (Å²) < 4.78 is 43.3. The summed E-state index contributed by atoms with van der Waals surface area (Å²) in [6, 6.07) is 9.35. The second-order valence-corrected chi connectivity index (χ2v) is 7.89. The number of halogens is 3. The summed E-state index contributed by atoms with van der Waals surface area (Å²) in [4.78, 5) is 34.8. The van der Waals surface area contributed by atoms with Gasteiger partial charge in [-0.05, 0) is 29.8 Å². The van der Waals surface area contributed by atoms with Gasteiger partial charge in [0.1, 0.15) is 23.9 Å². The predicted octanol–water partition coefficient (Wildman–Crippen LogP) is 3.82. The number of anilines is 1. The molecule has 1 fully saturated rings. The summed E-state index contributed by atoms with van der Waals surface area (Å²) in [6.45, 7) is 0.975. The molecule has 4 N–H and O–H groups in total. The molecule has 14 heteroatoms. The van der Waals surface area contributed by atoms with Crippen LogP contribution in [0, 0.1) is 0 Å². The molecule has 0 unspecified atom stereocenters. The van der Waals surface area contributed by atoms with Gasteiger partial charge < -0.3 is 30.9 Å². The maximum absolute atomic E-state index is 12.6. The number of ether oxygens (including phenoxy) is 2. The summed E-state index contributed by atoms with van der Waals surface area (Å²) in [6.07, 6.45) is -4.39. The number of piperazine rings is 1. The first kappa shape index (κ1) is 27.3. The number of hydrogen-bond donors (Lipinski definition) is 2. The fourth-order valence-electron chi connectivity index (χ4n) is 3.64. The Balaban J connectivity index is 0.000000266. The molecule has 2 aromatic carbocycles. The first-order chi connectivity index (χ1) is 17.5. The van der Waals surface area contributed by atoms with Gasteiger partial charge in [-0.15, -0.1) is 18.9 Å². The molecule has 1 aliphatic heterocycles. The largest absolute Gasteiger partial charge is 0.699 e. The normalized spacial score (nSPS) is 15.8. The Morgan fingerprint density at radius 1 is 1.19 bits per heavy atom. The third kappa shape index (κ3) is 7.33. The zero-order valence-corrected chi connectivity index (χ0v) is 19.6. The van der Waals surface area contributed by atoms with Crippen LogP contribution in [0.5, 0.6) is 5.75 Å². The van der Waals surface area contributed by atoms with Gasteiger partial charge in [0.2, 0.25) is 5.91 Å². The third-order valence-corrected chi connectivity index (χ3v) is 5.35. The van der Waals surface area contributed by atoms with Crippen molar-refractivity contribution in [1.82, 2.24) is 19.8 Å². The number of nitrogens with one attached hydrogen (secondary N) is 1. The van der Waals surface area contributed by atoms with Crippen molar-refractivity contribution < 1.29 is 37.3 Å². The fraction of sp³-hybridized carbons (Fsp3) is 0.304. The lowest BCUT2D eigenvalue weighted by molar-refractivity contribution is -0.274. The van der Waals surface area contributed by atoms with Crippen molar-refractivity contribution in [2.75, 3.05) is 32.5 Å². The van der Waals surface area contributed by atoms with Crippen molar-refractivity contribution in [2.24, 2.45) is 0 Å². The topological polar surface area (TPSA) is 155 Å². The lowest BCUT2D eigenvalue weighted by Gasteiger charge is -2.38. The van der Waals surface area contributed by atoms with E-state index in [1.807, 2.05) is 18.2 Å². The molecule has 0 aliphatic carbocycles. The molecule has 11 nitrogen and oxygen atoms in total. The maximum atomic E-state index is 12.6. The molecule has 4 rings (SSSR count). The fourth-order valence-corrected chi connectivity index (χ4v) is 3.64. The first-order valence-electron chi connectivity index (χ1n) is 10.8. The molecule has 1 aromatic heterocycles. The Kier molecular flexibility index (Phi) is 8.55. The van der Waals surface area contributed by atoms with Crippen LogP contribution < -0.4 is 10.5 Å². The van der Waals surface area contributed by atoms with Crippen LogP contribution in [0.1, 0.15) is 5.56 Å². The van der Waals surface area contributed by atoms with Gasteiger partial charge in [0, 0.05) is 32.1 Å². The number of fused-ring (bicyclic) bond motifs is 1. The molecule has 1 saturated heterocycles. The number of nitrogens with two attached hydrogens (primary N) is 1. The van der Waals surface area contributed by atoms with Crippen LogP contribution in [0.15, 0.2) is 48.8 Å². The summed E-state index contributed by atoms with van der Waals surface area (Å²) in [7, 11) is 1.44. The van der Waals surface area contributed by atoms with Crippen molar-refractivity contribution in [3.05, 3.63) is 60.1 Å². The number of carbonyl (C=O) groups is 2. The molecule has 1 aliphatic rings. The average molecular weight is 521 g/mol. The van der Waals surface area contributed by atoms with E-state index in [4.69, 9.17) is 16.2 Å². The van der Waals surface area contributed by atoms with Gasteiger partial charge in [-0.1, -0.05) is 18.2 Å². The van der Waals surface area contributed by atoms with Crippen LogP contribution in [0.4, 0.5) is 29.5 Å². The minimum Gasteiger partial charge on any atom is -0.699 e. The summed E-state index contributed by atoms with van der Waals surface area (Å²) in [5.74, 6) is -0.167. The molecule has 0 bridgehead atoms. The Morgan fingerprint density at radius 2 is 1.89 bits per heavy atom. The summed E-state index contributed by atoms with van der Waals surface area (Å²) in [5.41, 5.74) is 14.5. The predicted molar refractivity (Wildman–Crippen MR) is 127 cm³/mol. The quantitative estimate of drug-likeness (QED) is 0.513. The molecule has 198 valence electrons.